The second-order valence-corrected chi connectivity index (χ2v) is 5.08. The quantitative estimate of drug-likeness (QED) is 0.510. The minimum atomic E-state index is -0.564. The zero-order chi connectivity index (χ0) is 14.8. The van der Waals surface area contributed by atoms with Crippen LogP contribution in [0.2, 0.25) is 0 Å². The van der Waals surface area contributed by atoms with Crippen LogP contribution in [0.25, 0.3) is 0 Å². The Labute approximate surface area is 115 Å². The van der Waals surface area contributed by atoms with Gasteiger partial charge in [-0.2, -0.15) is 0 Å². The first-order valence-electron chi connectivity index (χ1n) is 6.69. The maximum Gasteiger partial charge on any atom is 0.242 e. The van der Waals surface area contributed by atoms with E-state index in [1.54, 1.807) is 14.0 Å². The fourth-order valence-electron chi connectivity index (χ4n) is 1.71. The second-order valence-electron chi connectivity index (χ2n) is 5.08. The van der Waals surface area contributed by atoms with E-state index >= 15 is 0 Å². The normalized spacial score (nSPS) is 14.0. The smallest absolute Gasteiger partial charge is 0.242 e. The summed E-state index contributed by atoms with van der Waals surface area (Å²) in [7, 11) is 1.56. The Hall–Kier alpha value is -1.14. The average Bonchev–Trinajstić information content (AvgIpc) is 2.35. The van der Waals surface area contributed by atoms with Crippen molar-refractivity contribution in [1.29, 1.82) is 0 Å². The fraction of sp³-hybridized carbons (Fsp3) is 0.846. The fourth-order valence-corrected chi connectivity index (χ4v) is 1.71. The van der Waals surface area contributed by atoms with Gasteiger partial charge in [0, 0.05) is 20.2 Å². The minimum Gasteiger partial charge on any atom is -0.383 e. The van der Waals surface area contributed by atoms with E-state index in [-0.39, 0.29) is 17.7 Å². The van der Waals surface area contributed by atoms with Crippen LogP contribution in [0, 0.1) is 11.8 Å². The van der Waals surface area contributed by atoms with Crippen molar-refractivity contribution in [2.45, 2.75) is 33.2 Å². The predicted octanol–water partition coefficient (Wildman–Crippen LogP) is -0.125. The number of hydrogen-bond donors (Lipinski definition) is 3. The molecular weight excluding hydrogens is 246 g/mol. The SMILES string of the molecule is COCCNC(=O)C(C)NC(=O)C(CN)CC(C)C. The van der Waals surface area contributed by atoms with Gasteiger partial charge in [-0.3, -0.25) is 9.59 Å². The van der Waals surface area contributed by atoms with Gasteiger partial charge in [0.2, 0.25) is 11.8 Å². The lowest BCUT2D eigenvalue weighted by molar-refractivity contribution is -0.131. The van der Waals surface area contributed by atoms with E-state index in [1.807, 2.05) is 13.8 Å². The first kappa shape index (κ1) is 17.9. The molecule has 0 saturated heterocycles. The molecule has 2 unspecified atom stereocenters. The maximum absolute atomic E-state index is 12.0. The van der Waals surface area contributed by atoms with Crippen LogP contribution in [0.4, 0.5) is 0 Å². The third-order valence-corrected chi connectivity index (χ3v) is 2.77. The third kappa shape index (κ3) is 7.79. The van der Waals surface area contributed by atoms with Crippen LogP contribution in [0.3, 0.4) is 0 Å². The highest BCUT2D eigenvalue weighted by Gasteiger charge is 2.22. The molecule has 0 aliphatic carbocycles. The average molecular weight is 273 g/mol. The first-order chi connectivity index (χ1) is 8.92. The largest absolute Gasteiger partial charge is 0.383 e. The van der Waals surface area contributed by atoms with E-state index in [0.717, 1.165) is 6.42 Å². The Kier molecular flexibility index (Phi) is 9.16. The molecule has 6 nitrogen and oxygen atoms in total. The third-order valence-electron chi connectivity index (χ3n) is 2.77. The Bertz CT molecular complexity index is 282. The minimum absolute atomic E-state index is 0.161. The number of methoxy groups -OCH3 is 1. The van der Waals surface area contributed by atoms with Crippen molar-refractivity contribution in [2.24, 2.45) is 17.6 Å². The Morgan fingerprint density at radius 3 is 2.32 bits per heavy atom. The van der Waals surface area contributed by atoms with Gasteiger partial charge in [-0.25, -0.2) is 0 Å². The van der Waals surface area contributed by atoms with Gasteiger partial charge < -0.3 is 21.1 Å². The number of nitrogens with two attached hydrogens (primary N) is 1. The Morgan fingerprint density at radius 1 is 1.21 bits per heavy atom. The number of nitrogens with one attached hydrogen (secondary N) is 2. The van der Waals surface area contributed by atoms with Gasteiger partial charge in [0.25, 0.3) is 0 Å². The highest BCUT2D eigenvalue weighted by Crippen LogP contribution is 2.10. The van der Waals surface area contributed by atoms with Crippen molar-refractivity contribution in [3.05, 3.63) is 0 Å². The summed E-state index contributed by atoms with van der Waals surface area (Å²) in [4.78, 5) is 23.6. The predicted molar refractivity (Wildman–Crippen MR) is 74.5 cm³/mol. The lowest BCUT2D eigenvalue weighted by Crippen LogP contribution is -2.48. The molecule has 0 spiro atoms. The van der Waals surface area contributed by atoms with Gasteiger partial charge in [0.15, 0.2) is 0 Å². The van der Waals surface area contributed by atoms with Gasteiger partial charge in [-0.1, -0.05) is 13.8 Å². The van der Waals surface area contributed by atoms with E-state index in [0.29, 0.717) is 25.6 Å². The molecule has 2 amide bonds. The molecule has 0 aromatic rings. The van der Waals surface area contributed by atoms with Gasteiger partial charge in [0.05, 0.1) is 12.5 Å². The van der Waals surface area contributed by atoms with Crippen molar-refractivity contribution in [3.8, 4) is 0 Å². The molecule has 0 radical (unpaired) electrons. The van der Waals surface area contributed by atoms with Gasteiger partial charge in [-0.05, 0) is 19.3 Å². The molecule has 6 heteroatoms. The summed E-state index contributed by atoms with van der Waals surface area (Å²) in [5.74, 6) is -0.226. The zero-order valence-corrected chi connectivity index (χ0v) is 12.4. The monoisotopic (exact) mass is 273 g/mol. The van der Waals surface area contributed by atoms with Crippen LogP contribution >= 0.6 is 0 Å². The summed E-state index contributed by atoms with van der Waals surface area (Å²) < 4.78 is 4.83. The summed E-state index contributed by atoms with van der Waals surface area (Å²) in [6.07, 6.45) is 0.723. The van der Waals surface area contributed by atoms with Crippen LogP contribution in [-0.4, -0.2) is 44.7 Å². The molecule has 0 aliphatic heterocycles. The van der Waals surface area contributed by atoms with E-state index in [4.69, 9.17) is 10.5 Å². The Morgan fingerprint density at radius 2 is 1.84 bits per heavy atom. The molecule has 0 fully saturated rings. The number of ether oxygens (including phenoxy) is 1. The van der Waals surface area contributed by atoms with Crippen LogP contribution < -0.4 is 16.4 Å². The number of rotatable bonds is 9. The summed E-state index contributed by atoms with van der Waals surface area (Å²) in [5.41, 5.74) is 5.59. The van der Waals surface area contributed by atoms with Gasteiger partial charge in [0.1, 0.15) is 6.04 Å². The molecular formula is C13H27N3O3. The molecule has 0 heterocycles. The maximum atomic E-state index is 12.0. The summed E-state index contributed by atoms with van der Waals surface area (Å²) in [6, 6.07) is -0.564. The molecule has 0 aliphatic rings. The highest BCUT2D eigenvalue weighted by molar-refractivity contribution is 5.88. The molecule has 19 heavy (non-hydrogen) atoms. The Balaban J connectivity index is 4.18. The van der Waals surface area contributed by atoms with Crippen molar-refractivity contribution in [2.75, 3.05) is 26.8 Å². The lowest BCUT2D eigenvalue weighted by atomic mass is 9.96. The first-order valence-corrected chi connectivity index (χ1v) is 6.69. The second kappa shape index (κ2) is 9.75. The van der Waals surface area contributed by atoms with Gasteiger partial charge >= 0.3 is 0 Å². The van der Waals surface area contributed by atoms with Crippen LogP contribution in [0.5, 0.6) is 0 Å². The van der Waals surface area contributed by atoms with E-state index in [2.05, 4.69) is 10.6 Å². The molecule has 0 bridgehead atoms. The molecule has 4 N–H and O–H groups in total. The topological polar surface area (TPSA) is 93.5 Å². The summed E-state index contributed by atoms with van der Waals surface area (Å²) in [5, 5.41) is 5.37. The number of carbonyl (C=O) groups excluding carboxylic acids is 2. The molecule has 2 atom stereocenters. The number of amides is 2. The van der Waals surface area contributed by atoms with Crippen LogP contribution in [0.15, 0.2) is 0 Å². The van der Waals surface area contributed by atoms with Crippen molar-refractivity contribution >= 4 is 11.8 Å². The van der Waals surface area contributed by atoms with Crippen LogP contribution in [-0.2, 0) is 14.3 Å². The number of carbonyl (C=O) groups is 2. The summed E-state index contributed by atoms with van der Waals surface area (Å²) in [6.45, 7) is 6.91. The highest BCUT2D eigenvalue weighted by atomic mass is 16.5. The van der Waals surface area contributed by atoms with E-state index in [9.17, 15) is 9.59 Å². The molecule has 0 aromatic carbocycles. The van der Waals surface area contributed by atoms with Gasteiger partial charge in [-0.15, -0.1) is 0 Å². The standard InChI is InChI=1S/C13H27N3O3/c1-9(2)7-11(8-14)13(18)16-10(3)12(17)15-5-6-19-4/h9-11H,5-8,14H2,1-4H3,(H,15,17)(H,16,18). The lowest BCUT2D eigenvalue weighted by Gasteiger charge is -2.20. The molecule has 0 aromatic heterocycles. The molecule has 0 rings (SSSR count). The van der Waals surface area contributed by atoms with Crippen molar-refractivity contribution in [1.82, 2.24) is 10.6 Å². The molecule has 112 valence electrons. The summed E-state index contributed by atoms with van der Waals surface area (Å²) >= 11 is 0. The van der Waals surface area contributed by atoms with E-state index < -0.39 is 6.04 Å². The van der Waals surface area contributed by atoms with E-state index in [1.165, 1.54) is 0 Å². The molecule has 0 saturated carbocycles. The van der Waals surface area contributed by atoms with Crippen LogP contribution in [0.1, 0.15) is 27.2 Å². The van der Waals surface area contributed by atoms with Crippen molar-refractivity contribution in [3.63, 3.8) is 0 Å². The van der Waals surface area contributed by atoms with Crippen molar-refractivity contribution < 1.29 is 14.3 Å². The number of hydrogen-bond acceptors (Lipinski definition) is 4. The zero-order valence-electron chi connectivity index (χ0n) is 12.4.